The molecule has 1 amide bonds. The second-order valence-corrected chi connectivity index (χ2v) is 12.1. The topological polar surface area (TPSA) is 118 Å². The Morgan fingerprint density at radius 2 is 1.49 bits per heavy atom. The Bertz CT molecular complexity index is 1670. The fourth-order valence-electron chi connectivity index (χ4n) is 4.47. The Hall–Kier alpha value is -4.86. The molecule has 226 valence electrons. The van der Waals surface area contributed by atoms with Crippen LogP contribution in [0.5, 0.6) is 0 Å². The number of amides is 1. The molecule has 2 heterocycles. The van der Waals surface area contributed by atoms with Crippen LogP contribution in [0.15, 0.2) is 83.9 Å². The Morgan fingerprint density at radius 3 is 2.16 bits per heavy atom. The number of pyridine rings is 1. The predicted molar refractivity (Wildman–Crippen MR) is 163 cm³/mol. The van der Waals surface area contributed by atoms with Crippen molar-refractivity contribution in [3.05, 3.63) is 101 Å². The van der Waals surface area contributed by atoms with Gasteiger partial charge in [-0.2, -0.15) is 0 Å². The van der Waals surface area contributed by atoms with E-state index in [1.54, 1.807) is 65.9 Å². The summed E-state index contributed by atoms with van der Waals surface area (Å²) in [7, 11) is 0. The summed E-state index contributed by atoms with van der Waals surface area (Å²) >= 11 is 0. The van der Waals surface area contributed by atoms with Gasteiger partial charge in [0.25, 0.3) is 5.56 Å². The minimum atomic E-state index is -1.12. The summed E-state index contributed by atoms with van der Waals surface area (Å²) in [5.74, 6) is -0.646. The molecule has 1 unspecified atom stereocenters. The summed E-state index contributed by atoms with van der Waals surface area (Å²) in [4.78, 5) is 52.8. The second kappa shape index (κ2) is 12.6. The van der Waals surface area contributed by atoms with Gasteiger partial charge < -0.3 is 14.2 Å². The lowest BCUT2D eigenvalue weighted by Gasteiger charge is -2.25. The summed E-state index contributed by atoms with van der Waals surface area (Å²) in [6.45, 7) is 10.6. The van der Waals surface area contributed by atoms with Crippen LogP contribution in [0.1, 0.15) is 58.7 Å². The lowest BCUT2D eigenvalue weighted by molar-refractivity contribution is -0.159. The fourth-order valence-corrected chi connectivity index (χ4v) is 4.47. The maximum Gasteiger partial charge on any atom is 0.419 e. The molecule has 0 saturated heterocycles. The number of carbonyl (C=O) groups is 3. The third-order valence-corrected chi connectivity index (χ3v) is 6.24. The molecule has 0 aliphatic heterocycles. The van der Waals surface area contributed by atoms with Crippen molar-refractivity contribution < 1.29 is 28.6 Å². The van der Waals surface area contributed by atoms with Gasteiger partial charge in [0.2, 0.25) is 0 Å². The van der Waals surface area contributed by atoms with Crippen molar-refractivity contribution in [3.8, 4) is 0 Å². The number of ether oxygens (including phenoxy) is 3. The van der Waals surface area contributed by atoms with Gasteiger partial charge >= 0.3 is 18.2 Å². The van der Waals surface area contributed by atoms with Crippen LogP contribution in [0.2, 0.25) is 0 Å². The Balaban J connectivity index is 1.68. The number of fused-ring (bicyclic) bond motifs is 1. The van der Waals surface area contributed by atoms with E-state index in [0.29, 0.717) is 16.5 Å². The quantitative estimate of drug-likeness (QED) is 0.195. The van der Waals surface area contributed by atoms with E-state index in [9.17, 15) is 19.2 Å². The highest BCUT2D eigenvalue weighted by Gasteiger charge is 2.30. The Morgan fingerprint density at radius 1 is 0.837 bits per heavy atom. The first-order chi connectivity index (χ1) is 20.2. The van der Waals surface area contributed by atoms with Gasteiger partial charge in [-0.3, -0.25) is 19.2 Å². The first kappa shape index (κ1) is 31.1. The van der Waals surface area contributed by atoms with Crippen LogP contribution in [0.4, 0.5) is 15.3 Å². The van der Waals surface area contributed by atoms with Crippen LogP contribution < -0.4 is 10.9 Å². The highest BCUT2D eigenvalue weighted by Crippen LogP contribution is 2.28. The zero-order valence-corrected chi connectivity index (χ0v) is 25.2. The van der Waals surface area contributed by atoms with E-state index in [1.807, 2.05) is 42.5 Å². The van der Waals surface area contributed by atoms with Crippen molar-refractivity contribution in [3.63, 3.8) is 0 Å². The number of benzene rings is 2. The number of nitrogens with one attached hydrogen (secondary N) is 1. The molecular formula is C33H37N3O7. The van der Waals surface area contributed by atoms with Gasteiger partial charge in [-0.25, -0.2) is 14.4 Å². The summed E-state index contributed by atoms with van der Waals surface area (Å²) in [6, 6.07) is 18.2. The molecule has 1 atom stereocenters. The molecule has 0 radical (unpaired) electrons. The summed E-state index contributed by atoms with van der Waals surface area (Å²) in [5, 5.41) is 3.20. The van der Waals surface area contributed by atoms with Crippen molar-refractivity contribution in [1.29, 1.82) is 0 Å². The van der Waals surface area contributed by atoms with Crippen LogP contribution >= 0.6 is 0 Å². The summed E-state index contributed by atoms with van der Waals surface area (Å²) in [6.07, 6.45) is 1.72. The SMILES string of the molecule is CC(C)(C)OC(=O)C(Cc1cn(C(=O)OC(C)(C)C)c2ccccc12)n1cccc(NC(=O)OCc2ccccc2)c1=O. The molecule has 0 aliphatic carbocycles. The minimum Gasteiger partial charge on any atom is -0.458 e. The molecule has 0 aliphatic rings. The van der Waals surface area contributed by atoms with E-state index < -0.39 is 41.0 Å². The molecule has 10 heteroatoms. The van der Waals surface area contributed by atoms with Gasteiger partial charge in [-0.05, 0) is 70.9 Å². The van der Waals surface area contributed by atoms with Crippen LogP contribution in [0.25, 0.3) is 10.9 Å². The number of carbonyl (C=O) groups excluding carboxylic acids is 3. The van der Waals surface area contributed by atoms with Crippen molar-refractivity contribution >= 4 is 34.7 Å². The number of hydrogen-bond donors (Lipinski definition) is 1. The molecule has 0 saturated carbocycles. The number of nitrogens with zero attached hydrogens (tertiary/aromatic N) is 2. The Kier molecular flexibility index (Phi) is 9.08. The molecule has 2 aromatic heterocycles. The molecule has 1 N–H and O–H groups in total. The number of hydrogen-bond acceptors (Lipinski definition) is 7. The summed E-state index contributed by atoms with van der Waals surface area (Å²) in [5.41, 5.74) is -0.219. The number of para-hydroxylation sites is 1. The maximum atomic E-state index is 13.6. The van der Waals surface area contributed by atoms with Crippen molar-refractivity contribution in [2.24, 2.45) is 0 Å². The van der Waals surface area contributed by atoms with Crippen LogP contribution in [-0.4, -0.2) is 38.5 Å². The third-order valence-electron chi connectivity index (χ3n) is 6.24. The van der Waals surface area contributed by atoms with Gasteiger partial charge in [0.1, 0.15) is 29.5 Å². The average molecular weight is 588 g/mol. The van der Waals surface area contributed by atoms with E-state index in [4.69, 9.17) is 14.2 Å². The summed E-state index contributed by atoms with van der Waals surface area (Å²) < 4.78 is 19.2. The average Bonchev–Trinajstić information content (AvgIpc) is 3.29. The standard InChI is InChI=1S/C33H37N3O7/c1-32(2,3)42-29(38)27(19-23-20-36(31(40)43-33(4,5)6)26-17-11-10-15-24(23)26)35-18-12-16-25(28(35)37)34-30(39)41-21-22-13-8-7-9-14-22/h7-18,20,27H,19,21H2,1-6H3,(H,34,39). The zero-order valence-electron chi connectivity index (χ0n) is 25.2. The van der Waals surface area contributed by atoms with E-state index in [-0.39, 0.29) is 18.7 Å². The highest BCUT2D eigenvalue weighted by atomic mass is 16.6. The van der Waals surface area contributed by atoms with Crippen molar-refractivity contribution in [2.45, 2.75) is 71.8 Å². The van der Waals surface area contributed by atoms with E-state index in [0.717, 1.165) is 5.56 Å². The zero-order chi connectivity index (χ0) is 31.4. The van der Waals surface area contributed by atoms with E-state index in [2.05, 4.69) is 5.32 Å². The molecule has 2 aromatic carbocycles. The molecule has 4 aromatic rings. The molecular weight excluding hydrogens is 550 g/mol. The number of rotatable bonds is 7. The molecule has 43 heavy (non-hydrogen) atoms. The molecule has 0 spiro atoms. The fraction of sp³-hybridized carbons (Fsp3) is 0.333. The van der Waals surface area contributed by atoms with Crippen LogP contribution in [0, 0.1) is 0 Å². The van der Waals surface area contributed by atoms with Gasteiger partial charge in [-0.1, -0.05) is 48.5 Å². The highest BCUT2D eigenvalue weighted by molar-refractivity contribution is 5.92. The van der Waals surface area contributed by atoms with Crippen molar-refractivity contribution in [1.82, 2.24) is 9.13 Å². The first-order valence-corrected chi connectivity index (χ1v) is 14.0. The number of aromatic nitrogens is 2. The van der Waals surface area contributed by atoms with E-state index >= 15 is 0 Å². The number of esters is 1. The molecule has 0 fully saturated rings. The van der Waals surface area contributed by atoms with Crippen LogP contribution in [0.3, 0.4) is 0 Å². The van der Waals surface area contributed by atoms with Gasteiger partial charge in [0, 0.05) is 24.2 Å². The first-order valence-electron chi connectivity index (χ1n) is 14.0. The van der Waals surface area contributed by atoms with E-state index in [1.165, 1.54) is 21.4 Å². The molecule has 4 rings (SSSR count). The largest absolute Gasteiger partial charge is 0.458 e. The van der Waals surface area contributed by atoms with Gasteiger partial charge in [0.05, 0.1) is 5.52 Å². The monoisotopic (exact) mass is 587 g/mol. The lowest BCUT2D eigenvalue weighted by Crippen LogP contribution is -2.37. The lowest BCUT2D eigenvalue weighted by atomic mass is 10.0. The van der Waals surface area contributed by atoms with Gasteiger partial charge in [-0.15, -0.1) is 0 Å². The Labute approximate surface area is 250 Å². The molecule has 10 nitrogen and oxygen atoms in total. The second-order valence-electron chi connectivity index (χ2n) is 12.1. The normalized spacial score (nSPS) is 12.4. The van der Waals surface area contributed by atoms with Crippen molar-refractivity contribution in [2.75, 3.05) is 5.32 Å². The smallest absolute Gasteiger partial charge is 0.419 e. The third kappa shape index (κ3) is 8.12. The maximum absolute atomic E-state index is 13.6. The predicted octanol–water partition coefficient (Wildman–Crippen LogP) is 6.46. The minimum absolute atomic E-state index is 0.0209. The van der Waals surface area contributed by atoms with Crippen LogP contribution in [-0.2, 0) is 32.0 Å². The number of anilines is 1. The molecule has 0 bridgehead atoms. The van der Waals surface area contributed by atoms with Gasteiger partial charge in [0.15, 0.2) is 0 Å².